The summed E-state index contributed by atoms with van der Waals surface area (Å²) in [7, 11) is 1.62. The monoisotopic (exact) mass is 483 g/mol. The van der Waals surface area contributed by atoms with Gasteiger partial charge in [-0.05, 0) is 77.4 Å². The quantitative estimate of drug-likeness (QED) is 0.343. The van der Waals surface area contributed by atoms with Crippen LogP contribution in [0.4, 0.5) is 4.39 Å². The molecule has 0 aliphatic carbocycles. The van der Waals surface area contributed by atoms with Gasteiger partial charge in [0.1, 0.15) is 11.6 Å². The Hall–Kier alpha value is -4.37. The second kappa shape index (κ2) is 10.1. The molecule has 9 heteroatoms. The van der Waals surface area contributed by atoms with E-state index in [0.29, 0.717) is 17.1 Å². The van der Waals surface area contributed by atoms with Gasteiger partial charge in [0.25, 0.3) is 0 Å². The summed E-state index contributed by atoms with van der Waals surface area (Å²) >= 11 is 0. The number of nitrogens with one attached hydrogen (secondary N) is 1. The first-order valence-corrected chi connectivity index (χ1v) is 11.6. The van der Waals surface area contributed by atoms with Crippen molar-refractivity contribution in [3.8, 4) is 17.1 Å². The van der Waals surface area contributed by atoms with E-state index in [9.17, 15) is 4.39 Å². The van der Waals surface area contributed by atoms with E-state index in [1.165, 1.54) is 0 Å². The maximum absolute atomic E-state index is 14.3. The first-order valence-electron chi connectivity index (χ1n) is 11.6. The van der Waals surface area contributed by atoms with Gasteiger partial charge in [-0.25, -0.2) is 4.39 Å². The Morgan fingerprint density at radius 1 is 1.00 bits per heavy atom. The van der Waals surface area contributed by atoms with Gasteiger partial charge in [0.05, 0.1) is 30.7 Å². The van der Waals surface area contributed by atoms with E-state index in [-0.39, 0.29) is 11.9 Å². The van der Waals surface area contributed by atoms with E-state index in [0.717, 1.165) is 22.5 Å². The maximum atomic E-state index is 14.3. The van der Waals surface area contributed by atoms with Gasteiger partial charge in [-0.3, -0.25) is 10.3 Å². The number of rotatable bonds is 8. The summed E-state index contributed by atoms with van der Waals surface area (Å²) in [5.41, 5.74) is 4.08. The Morgan fingerprint density at radius 3 is 2.64 bits per heavy atom. The van der Waals surface area contributed by atoms with Gasteiger partial charge < -0.3 is 9.30 Å². The highest BCUT2D eigenvalue weighted by atomic mass is 19.1. The lowest BCUT2D eigenvalue weighted by molar-refractivity contribution is 0.414. The van der Waals surface area contributed by atoms with Crippen molar-refractivity contribution in [2.75, 3.05) is 7.11 Å². The second-order valence-electron chi connectivity index (χ2n) is 8.54. The minimum absolute atomic E-state index is 0.192. The second-order valence-corrected chi connectivity index (χ2v) is 8.54. The van der Waals surface area contributed by atoms with Crippen LogP contribution in [0.2, 0.25) is 0 Å². The van der Waals surface area contributed by atoms with Crippen molar-refractivity contribution in [1.82, 2.24) is 35.1 Å². The zero-order valence-electron chi connectivity index (χ0n) is 20.2. The van der Waals surface area contributed by atoms with Crippen LogP contribution in [0.5, 0.6) is 5.75 Å². The van der Waals surface area contributed by atoms with Crippen LogP contribution in [0.3, 0.4) is 0 Å². The highest BCUT2D eigenvalue weighted by molar-refractivity contribution is 5.40. The highest BCUT2D eigenvalue weighted by Crippen LogP contribution is 2.28. The van der Waals surface area contributed by atoms with E-state index in [1.54, 1.807) is 43.2 Å². The summed E-state index contributed by atoms with van der Waals surface area (Å²) in [5, 5.41) is 16.2. The first kappa shape index (κ1) is 23.4. The number of pyridine rings is 1. The number of halogens is 1. The summed E-state index contributed by atoms with van der Waals surface area (Å²) in [5.74, 6) is 1.05. The predicted molar refractivity (Wildman–Crippen MR) is 134 cm³/mol. The topological polar surface area (TPSA) is 82.7 Å². The molecule has 2 atom stereocenters. The third-order valence-corrected chi connectivity index (χ3v) is 6.16. The van der Waals surface area contributed by atoms with Crippen molar-refractivity contribution in [2.24, 2.45) is 0 Å². The zero-order chi connectivity index (χ0) is 25.1. The molecule has 0 saturated carbocycles. The summed E-state index contributed by atoms with van der Waals surface area (Å²) in [4.78, 5) is 4.22. The van der Waals surface area contributed by atoms with Crippen LogP contribution >= 0.6 is 0 Å². The smallest absolute Gasteiger partial charge is 0.178 e. The van der Waals surface area contributed by atoms with Crippen molar-refractivity contribution >= 4 is 0 Å². The summed E-state index contributed by atoms with van der Waals surface area (Å²) in [6.45, 7) is 3.75. The number of hydrogen-bond acceptors (Lipinski definition) is 6. The van der Waals surface area contributed by atoms with Crippen LogP contribution in [0.15, 0.2) is 85.5 Å². The normalized spacial score (nSPS) is 12.9. The van der Waals surface area contributed by atoms with E-state index >= 15 is 0 Å². The standard InChI is InChI=1S/C27H26FN7O/c1-18-9-10-20(14-25(18)28)19(2)30-26(21-11-13-34(17-21)23-7-5-12-29-16-23)27-31-32-33-35(27)22-6-4-8-24(15-22)36-3/h4-17,19,26,30H,1-3H3/t19-,26?/m1/s1. The molecule has 0 amide bonds. The largest absolute Gasteiger partial charge is 0.497 e. The molecule has 2 aromatic carbocycles. The number of benzene rings is 2. The lowest BCUT2D eigenvalue weighted by atomic mass is 10.0. The molecule has 0 bridgehead atoms. The van der Waals surface area contributed by atoms with Crippen LogP contribution in [0, 0.1) is 12.7 Å². The number of tetrazole rings is 1. The average molecular weight is 484 g/mol. The van der Waals surface area contributed by atoms with Gasteiger partial charge in [-0.2, -0.15) is 4.68 Å². The molecular formula is C27H26FN7O. The Labute approximate surface area is 208 Å². The van der Waals surface area contributed by atoms with Crippen LogP contribution < -0.4 is 10.1 Å². The minimum atomic E-state index is -0.400. The maximum Gasteiger partial charge on any atom is 0.178 e. The van der Waals surface area contributed by atoms with E-state index in [4.69, 9.17) is 4.74 Å². The van der Waals surface area contributed by atoms with Crippen LogP contribution in [0.25, 0.3) is 11.4 Å². The third kappa shape index (κ3) is 4.73. The third-order valence-electron chi connectivity index (χ3n) is 6.16. The molecule has 3 aromatic heterocycles. The molecule has 3 heterocycles. The first-order chi connectivity index (χ1) is 17.5. The van der Waals surface area contributed by atoms with Gasteiger partial charge in [-0.1, -0.05) is 18.2 Å². The number of ether oxygens (including phenoxy) is 1. The van der Waals surface area contributed by atoms with Crippen LogP contribution in [-0.2, 0) is 0 Å². The fraction of sp³-hybridized carbons (Fsp3) is 0.185. The van der Waals surface area contributed by atoms with Crippen LogP contribution in [-0.4, -0.2) is 36.9 Å². The number of aryl methyl sites for hydroxylation is 1. The molecule has 0 radical (unpaired) electrons. The lowest BCUT2D eigenvalue weighted by Gasteiger charge is -2.23. The van der Waals surface area contributed by atoms with E-state index < -0.39 is 6.04 Å². The molecule has 182 valence electrons. The molecular weight excluding hydrogens is 457 g/mol. The molecule has 0 aliphatic rings. The zero-order valence-corrected chi connectivity index (χ0v) is 20.2. The van der Waals surface area contributed by atoms with Crippen LogP contribution in [0.1, 0.15) is 41.5 Å². The van der Waals surface area contributed by atoms with Gasteiger partial charge in [-0.15, -0.1) is 5.10 Å². The molecule has 5 rings (SSSR count). The Bertz CT molecular complexity index is 1460. The molecule has 0 fully saturated rings. The Morgan fingerprint density at radius 2 is 1.86 bits per heavy atom. The van der Waals surface area contributed by atoms with Crippen molar-refractivity contribution in [2.45, 2.75) is 25.9 Å². The van der Waals surface area contributed by atoms with Crippen molar-refractivity contribution in [1.29, 1.82) is 0 Å². The summed E-state index contributed by atoms with van der Waals surface area (Å²) in [6.07, 6.45) is 7.52. The predicted octanol–water partition coefficient (Wildman–Crippen LogP) is 4.74. The Balaban J connectivity index is 1.56. The van der Waals surface area contributed by atoms with Crippen molar-refractivity contribution < 1.29 is 9.13 Å². The molecule has 1 unspecified atom stereocenters. The van der Waals surface area contributed by atoms with Crippen molar-refractivity contribution in [3.63, 3.8) is 0 Å². The molecule has 5 aromatic rings. The Kier molecular flexibility index (Phi) is 6.55. The SMILES string of the molecule is COc1cccc(-n2nnnc2C(N[C@H](C)c2ccc(C)c(F)c2)c2ccn(-c3cccnc3)c2)c1. The van der Waals surface area contributed by atoms with Gasteiger partial charge in [0, 0.05) is 30.7 Å². The van der Waals surface area contributed by atoms with Gasteiger partial charge >= 0.3 is 0 Å². The average Bonchev–Trinajstić information content (AvgIpc) is 3.60. The van der Waals surface area contributed by atoms with Gasteiger partial charge in [0.2, 0.25) is 0 Å². The highest BCUT2D eigenvalue weighted by Gasteiger charge is 2.26. The molecule has 36 heavy (non-hydrogen) atoms. The fourth-order valence-corrected chi connectivity index (χ4v) is 4.10. The molecule has 0 saturated heterocycles. The number of hydrogen-bond donors (Lipinski definition) is 1. The number of methoxy groups -OCH3 is 1. The molecule has 0 spiro atoms. The number of aromatic nitrogens is 6. The van der Waals surface area contributed by atoms with Crippen molar-refractivity contribution in [3.05, 3.63) is 114 Å². The molecule has 0 aliphatic heterocycles. The van der Waals surface area contributed by atoms with E-state index in [2.05, 4.69) is 25.8 Å². The summed E-state index contributed by atoms with van der Waals surface area (Å²) in [6, 6.07) is 18.1. The number of nitrogens with zero attached hydrogens (tertiary/aromatic N) is 6. The summed E-state index contributed by atoms with van der Waals surface area (Å²) < 4.78 is 23.4. The van der Waals surface area contributed by atoms with E-state index in [1.807, 2.05) is 72.4 Å². The molecule has 1 N–H and O–H groups in total. The molecule has 8 nitrogen and oxygen atoms in total. The van der Waals surface area contributed by atoms with Gasteiger partial charge in [0.15, 0.2) is 5.82 Å². The minimum Gasteiger partial charge on any atom is -0.497 e. The lowest BCUT2D eigenvalue weighted by Crippen LogP contribution is -2.28. The fourth-order valence-electron chi connectivity index (χ4n) is 4.10.